The van der Waals surface area contributed by atoms with Gasteiger partial charge in [-0.05, 0) is 81.5 Å². The van der Waals surface area contributed by atoms with Crippen LogP contribution in [0.3, 0.4) is 0 Å². The van der Waals surface area contributed by atoms with Crippen molar-refractivity contribution in [3.63, 3.8) is 0 Å². The minimum absolute atomic E-state index is 0.105. The predicted molar refractivity (Wildman–Crippen MR) is 135 cm³/mol. The van der Waals surface area contributed by atoms with Gasteiger partial charge in [0.15, 0.2) is 0 Å². The molecule has 2 aromatic carbocycles. The fraction of sp³-hybridized carbons (Fsp3) is 0.393. The molecule has 1 radical (unpaired) electrons. The van der Waals surface area contributed by atoms with Gasteiger partial charge in [-0.15, -0.1) is 0 Å². The molecule has 1 fully saturated rings. The first-order chi connectivity index (χ1) is 17.1. The number of aromatic nitrogens is 2. The van der Waals surface area contributed by atoms with Gasteiger partial charge in [0.05, 0.1) is 33.8 Å². The lowest BCUT2D eigenvalue weighted by atomic mass is 9.87. The van der Waals surface area contributed by atoms with E-state index in [0.717, 1.165) is 48.9 Å². The van der Waals surface area contributed by atoms with Crippen molar-refractivity contribution in [2.24, 2.45) is 0 Å². The van der Waals surface area contributed by atoms with E-state index in [-0.39, 0.29) is 16.5 Å². The molecule has 0 saturated carbocycles. The highest BCUT2D eigenvalue weighted by Gasteiger charge is 2.43. The van der Waals surface area contributed by atoms with Gasteiger partial charge in [-0.2, -0.15) is 13.2 Å². The monoisotopic (exact) mass is 514 g/mol. The van der Waals surface area contributed by atoms with Gasteiger partial charge in [0.25, 0.3) is 0 Å². The molecule has 36 heavy (non-hydrogen) atoms. The smallest absolute Gasteiger partial charge is 0.417 e. The molecule has 1 saturated heterocycles. The first-order valence-corrected chi connectivity index (χ1v) is 12.6. The van der Waals surface area contributed by atoms with Gasteiger partial charge < -0.3 is 14.6 Å². The molecule has 3 aromatic rings. The summed E-state index contributed by atoms with van der Waals surface area (Å²) in [6.07, 6.45) is 4.05. The largest absolute Gasteiger partial charge is 0.494 e. The Hall–Kier alpha value is -2.93. The van der Waals surface area contributed by atoms with E-state index in [9.17, 15) is 13.2 Å². The van der Waals surface area contributed by atoms with Gasteiger partial charge in [0, 0.05) is 18.2 Å². The number of hydrogen-bond donors (Lipinski definition) is 1. The van der Waals surface area contributed by atoms with Crippen molar-refractivity contribution in [1.29, 1.82) is 0 Å². The molecule has 5 rings (SSSR count). The number of rotatable bonds is 5. The van der Waals surface area contributed by atoms with Crippen molar-refractivity contribution in [3.8, 4) is 5.75 Å². The number of aromatic amines is 1. The number of ether oxygens (including phenoxy) is 1. The molecule has 4 nitrogen and oxygen atoms in total. The molecule has 0 spiro atoms. The first-order valence-electron chi connectivity index (χ1n) is 12.2. The maximum absolute atomic E-state index is 13.4. The Morgan fingerprint density at radius 1 is 1.25 bits per heavy atom. The number of likely N-dealkylation sites (tertiary alicyclic amines) is 1. The third-order valence-corrected chi connectivity index (χ3v) is 7.55. The van der Waals surface area contributed by atoms with E-state index in [1.807, 2.05) is 19.1 Å². The van der Waals surface area contributed by atoms with E-state index in [4.69, 9.17) is 16.3 Å². The van der Waals surface area contributed by atoms with Gasteiger partial charge in [0.1, 0.15) is 11.6 Å². The number of nitrogens with one attached hydrogen (secondary N) is 1. The maximum atomic E-state index is 13.4. The normalized spacial score (nSPS) is 22.6. The highest BCUT2D eigenvalue weighted by atomic mass is 35.5. The molecular formula is C28H28ClF3N3O. The Kier molecular flexibility index (Phi) is 6.31. The molecule has 1 N–H and O–H groups in total. The standard InChI is InChI=1S/C28H28ClF3N3O/c1-4-36-20-10-8-18(9-11-20)19-7-6-17(2)25(14-19)35-13-5-12-27(35,3)26-33-23-15-21(28(30,31)32)22(29)16-24(23)34-26/h6,8-11,15-16,19H,4-5,7,12-13H2,1-3H3,(H,33,34)/t19?,27-/m0/s1. The fourth-order valence-corrected chi connectivity index (χ4v) is 5.54. The average Bonchev–Trinajstić information content (AvgIpc) is 3.43. The molecule has 0 bridgehead atoms. The summed E-state index contributed by atoms with van der Waals surface area (Å²) in [5, 5.41) is -0.334. The number of H-pyrrole nitrogens is 1. The van der Waals surface area contributed by atoms with Crippen molar-refractivity contribution in [3.05, 3.63) is 81.8 Å². The molecule has 189 valence electrons. The number of alkyl halides is 3. The minimum Gasteiger partial charge on any atom is -0.494 e. The van der Waals surface area contributed by atoms with Crippen molar-refractivity contribution < 1.29 is 17.9 Å². The Balaban J connectivity index is 1.50. The van der Waals surface area contributed by atoms with Gasteiger partial charge in [0.2, 0.25) is 0 Å². The summed E-state index contributed by atoms with van der Waals surface area (Å²) in [7, 11) is 0. The summed E-state index contributed by atoms with van der Waals surface area (Å²) in [5.74, 6) is 1.59. The molecule has 2 heterocycles. The first kappa shape index (κ1) is 24.8. The van der Waals surface area contributed by atoms with Crippen molar-refractivity contribution >= 4 is 22.6 Å². The van der Waals surface area contributed by atoms with Gasteiger partial charge in [-0.3, -0.25) is 0 Å². The summed E-state index contributed by atoms with van der Waals surface area (Å²) >= 11 is 5.95. The highest BCUT2D eigenvalue weighted by Crippen LogP contribution is 2.45. The zero-order chi connectivity index (χ0) is 25.7. The summed E-state index contributed by atoms with van der Waals surface area (Å²) in [4.78, 5) is 10.2. The van der Waals surface area contributed by atoms with E-state index in [1.54, 1.807) is 0 Å². The molecule has 2 atom stereocenters. The van der Waals surface area contributed by atoms with Crippen LogP contribution in [0.1, 0.15) is 62.9 Å². The number of halogens is 4. The molecule has 1 unspecified atom stereocenters. The average molecular weight is 515 g/mol. The van der Waals surface area contributed by atoms with Crippen molar-refractivity contribution in [1.82, 2.24) is 14.9 Å². The summed E-state index contributed by atoms with van der Waals surface area (Å²) in [6, 6.07) is 10.5. The van der Waals surface area contributed by atoms with E-state index in [2.05, 4.69) is 53.0 Å². The Morgan fingerprint density at radius 3 is 2.69 bits per heavy atom. The Bertz CT molecular complexity index is 1340. The highest BCUT2D eigenvalue weighted by molar-refractivity contribution is 6.32. The molecule has 1 aliphatic carbocycles. The van der Waals surface area contributed by atoms with Crippen LogP contribution < -0.4 is 4.74 Å². The SMILES string of the molecule is CCOc1ccc(C2[C]=C(N3CCC[C@@]3(C)c3nc4cc(C(F)(F)F)c(Cl)cc4[nH]3)C(C)=CC2)cc1. The van der Waals surface area contributed by atoms with Gasteiger partial charge >= 0.3 is 6.18 Å². The molecule has 8 heteroatoms. The molecule has 1 aliphatic heterocycles. The third kappa shape index (κ3) is 4.38. The number of imidazole rings is 1. The summed E-state index contributed by atoms with van der Waals surface area (Å²) in [6.45, 7) is 7.58. The second-order valence-electron chi connectivity index (χ2n) is 9.63. The van der Waals surface area contributed by atoms with Gasteiger partial charge in [-0.1, -0.05) is 29.8 Å². The second-order valence-corrected chi connectivity index (χ2v) is 10.0. The summed E-state index contributed by atoms with van der Waals surface area (Å²) < 4.78 is 45.7. The molecule has 0 amide bonds. The van der Waals surface area contributed by atoms with Crippen LogP contribution in [0.2, 0.25) is 5.02 Å². The number of benzene rings is 2. The maximum Gasteiger partial charge on any atom is 0.417 e. The number of hydrogen-bond acceptors (Lipinski definition) is 3. The number of fused-ring (bicyclic) bond motifs is 1. The minimum atomic E-state index is -4.53. The molecule has 2 aliphatic rings. The van der Waals surface area contributed by atoms with E-state index >= 15 is 0 Å². The van der Waals surface area contributed by atoms with Crippen LogP contribution in [-0.2, 0) is 11.7 Å². The quantitative estimate of drug-likeness (QED) is 0.378. The van der Waals surface area contributed by atoms with Crippen LogP contribution in [0.15, 0.2) is 53.7 Å². The second kappa shape index (κ2) is 9.18. The van der Waals surface area contributed by atoms with Crippen molar-refractivity contribution in [2.45, 2.75) is 57.7 Å². The van der Waals surface area contributed by atoms with Crippen LogP contribution in [0.5, 0.6) is 5.75 Å². The molecular weight excluding hydrogens is 487 g/mol. The lowest BCUT2D eigenvalue weighted by Crippen LogP contribution is -2.40. The zero-order valence-corrected chi connectivity index (χ0v) is 21.2. The Labute approximate surface area is 213 Å². The van der Waals surface area contributed by atoms with Crippen LogP contribution in [-0.4, -0.2) is 28.0 Å². The van der Waals surface area contributed by atoms with E-state index in [0.29, 0.717) is 17.9 Å². The topological polar surface area (TPSA) is 41.1 Å². The third-order valence-electron chi connectivity index (χ3n) is 7.23. The van der Waals surface area contributed by atoms with Crippen LogP contribution in [0.4, 0.5) is 13.2 Å². The molecule has 1 aromatic heterocycles. The van der Waals surface area contributed by atoms with Crippen LogP contribution >= 0.6 is 11.6 Å². The van der Waals surface area contributed by atoms with E-state index in [1.165, 1.54) is 11.6 Å². The fourth-order valence-electron chi connectivity index (χ4n) is 5.27. The lowest BCUT2D eigenvalue weighted by Gasteiger charge is -2.39. The Morgan fingerprint density at radius 2 is 2.00 bits per heavy atom. The van der Waals surface area contributed by atoms with Crippen LogP contribution in [0.25, 0.3) is 11.0 Å². The lowest BCUT2D eigenvalue weighted by molar-refractivity contribution is -0.137. The van der Waals surface area contributed by atoms with Crippen LogP contribution in [0, 0.1) is 6.08 Å². The summed E-state index contributed by atoms with van der Waals surface area (Å²) in [5.41, 5.74) is 2.70. The van der Waals surface area contributed by atoms with E-state index < -0.39 is 17.3 Å². The predicted octanol–water partition coefficient (Wildman–Crippen LogP) is 7.77. The van der Waals surface area contributed by atoms with Gasteiger partial charge in [-0.25, -0.2) is 4.98 Å². The number of nitrogens with zero attached hydrogens (tertiary/aromatic N) is 2. The van der Waals surface area contributed by atoms with Crippen molar-refractivity contribution in [2.75, 3.05) is 13.2 Å². The number of allylic oxidation sites excluding steroid dienone is 3. The zero-order valence-electron chi connectivity index (χ0n) is 20.5.